The lowest BCUT2D eigenvalue weighted by molar-refractivity contribution is -0.253. The molecular weight excluding hydrogens is 538 g/mol. The van der Waals surface area contributed by atoms with E-state index in [0.29, 0.717) is 5.56 Å². The Kier molecular flexibility index (Phi) is 9.57. The first-order chi connectivity index (χ1) is 21.1. The molecule has 0 bridgehead atoms. The summed E-state index contributed by atoms with van der Waals surface area (Å²) in [6, 6.07) is 35.5. The van der Waals surface area contributed by atoms with Crippen LogP contribution in [0.15, 0.2) is 109 Å². The molecule has 4 aromatic rings. The minimum atomic E-state index is -0.528. The van der Waals surface area contributed by atoms with Crippen LogP contribution in [0.4, 0.5) is 5.69 Å². The van der Waals surface area contributed by atoms with Crippen molar-refractivity contribution in [1.29, 1.82) is 0 Å². The molecule has 222 valence electrons. The van der Waals surface area contributed by atoms with Gasteiger partial charge in [0.15, 0.2) is 6.29 Å². The van der Waals surface area contributed by atoms with Crippen molar-refractivity contribution in [1.82, 2.24) is 9.80 Å². The molecule has 43 heavy (non-hydrogen) atoms. The number of aliphatic hydroxyl groups excluding tert-OH is 1. The van der Waals surface area contributed by atoms with Gasteiger partial charge >= 0.3 is 0 Å². The van der Waals surface area contributed by atoms with Gasteiger partial charge in [-0.3, -0.25) is 14.6 Å². The van der Waals surface area contributed by atoms with Crippen molar-refractivity contribution in [3.63, 3.8) is 0 Å². The predicted octanol–water partition coefficient (Wildman–Crippen LogP) is 5.79. The fraction of sp³-hybridized carbons (Fsp3) is 0.306. The number of carbonyl (C=O) groups excluding carboxylic acids is 1. The largest absolute Gasteiger partial charge is 0.392 e. The van der Waals surface area contributed by atoms with Gasteiger partial charge in [-0.05, 0) is 41.0 Å². The Balaban J connectivity index is 1.11. The Morgan fingerprint density at radius 1 is 0.721 bits per heavy atom. The summed E-state index contributed by atoms with van der Waals surface area (Å²) in [5.41, 5.74) is 5.55. The number of nitrogens with zero attached hydrogens (tertiary/aromatic N) is 2. The number of hydrogen-bond donors (Lipinski definition) is 2. The number of carbonyl (C=O) groups is 1. The van der Waals surface area contributed by atoms with E-state index >= 15 is 0 Å². The molecule has 4 aromatic carbocycles. The number of aliphatic hydroxyl groups is 1. The molecule has 2 N–H and O–H groups in total. The summed E-state index contributed by atoms with van der Waals surface area (Å²) in [4.78, 5) is 17.6. The molecule has 7 heteroatoms. The van der Waals surface area contributed by atoms with Crippen molar-refractivity contribution in [3.05, 3.63) is 137 Å². The van der Waals surface area contributed by atoms with Gasteiger partial charge in [0.1, 0.15) is 0 Å². The Bertz CT molecular complexity index is 1440. The van der Waals surface area contributed by atoms with E-state index in [1.165, 1.54) is 5.56 Å². The zero-order valence-corrected chi connectivity index (χ0v) is 24.3. The predicted molar refractivity (Wildman–Crippen MR) is 167 cm³/mol. The van der Waals surface area contributed by atoms with Crippen LogP contribution in [0.25, 0.3) is 0 Å². The second-order valence-electron chi connectivity index (χ2n) is 11.4. The summed E-state index contributed by atoms with van der Waals surface area (Å²) in [5.74, 6) is -0.145. The van der Waals surface area contributed by atoms with Gasteiger partial charge in [-0.1, -0.05) is 84.9 Å². The highest BCUT2D eigenvalue weighted by Gasteiger charge is 2.33. The lowest BCUT2D eigenvalue weighted by Gasteiger charge is -2.40. The standard InChI is InChI=1S/C36H39N3O4/c40-26-28-11-13-29(14-12-28)34-23-33(25-39-21-19-38(20-22-39)24-27-7-3-1-4-8-27)42-36(43-34)31-15-17-32(18-16-31)37-35(41)30-9-5-2-6-10-30/h1-18,33-34,36,40H,19-26H2,(H,37,41). The van der Waals surface area contributed by atoms with Gasteiger partial charge in [-0.2, -0.15) is 0 Å². The first-order valence-corrected chi connectivity index (χ1v) is 15.1. The summed E-state index contributed by atoms with van der Waals surface area (Å²) in [6.07, 6.45) is 0.0944. The average molecular weight is 578 g/mol. The number of hydrogen-bond acceptors (Lipinski definition) is 6. The molecule has 2 aliphatic rings. The van der Waals surface area contributed by atoms with Crippen LogP contribution in [0.1, 0.15) is 51.4 Å². The number of anilines is 1. The van der Waals surface area contributed by atoms with E-state index in [9.17, 15) is 9.90 Å². The van der Waals surface area contributed by atoms with Crippen LogP contribution < -0.4 is 5.32 Å². The van der Waals surface area contributed by atoms with Gasteiger partial charge in [0.25, 0.3) is 5.91 Å². The molecule has 0 radical (unpaired) electrons. The molecule has 0 aliphatic carbocycles. The minimum absolute atomic E-state index is 0.000554. The zero-order chi connectivity index (χ0) is 29.4. The maximum atomic E-state index is 12.6. The van der Waals surface area contributed by atoms with E-state index in [0.717, 1.165) is 68.1 Å². The van der Waals surface area contributed by atoms with Crippen molar-refractivity contribution >= 4 is 11.6 Å². The van der Waals surface area contributed by atoms with Crippen LogP contribution in [0.2, 0.25) is 0 Å². The summed E-state index contributed by atoms with van der Waals surface area (Å²) >= 11 is 0. The van der Waals surface area contributed by atoms with Crippen LogP contribution in [0.5, 0.6) is 0 Å². The molecule has 0 spiro atoms. The SMILES string of the molecule is O=C(Nc1ccc(C2OC(CN3CCN(Cc4ccccc4)CC3)CC(c3ccc(CO)cc3)O2)cc1)c1ccccc1. The Morgan fingerprint density at radius 2 is 1.35 bits per heavy atom. The lowest BCUT2D eigenvalue weighted by Crippen LogP contribution is -2.49. The number of rotatable bonds is 9. The number of piperazine rings is 1. The molecule has 1 amide bonds. The molecule has 2 fully saturated rings. The van der Waals surface area contributed by atoms with Gasteiger partial charge in [0.2, 0.25) is 0 Å². The molecule has 3 unspecified atom stereocenters. The fourth-order valence-corrected chi connectivity index (χ4v) is 5.81. The Morgan fingerprint density at radius 3 is 2.02 bits per heavy atom. The number of nitrogens with one attached hydrogen (secondary N) is 1. The zero-order valence-electron chi connectivity index (χ0n) is 24.3. The minimum Gasteiger partial charge on any atom is -0.392 e. The fourth-order valence-electron chi connectivity index (χ4n) is 5.81. The summed E-state index contributed by atoms with van der Waals surface area (Å²) < 4.78 is 13.1. The second-order valence-corrected chi connectivity index (χ2v) is 11.4. The molecule has 2 aliphatic heterocycles. The molecule has 7 nitrogen and oxygen atoms in total. The first-order valence-electron chi connectivity index (χ1n) is 15.1. The number of benzene rings is 4. The summed E-state index contributed by atoms with van der Waals surface area (Å²) in [5, 5.41) is 12.5. The quantitative estimate of drug-likeness (QED) is 0.262. The van der Waals surface area contributed by atoms with Crippen molar-refractivity contribution in [2.75, 3.05) is 38.0 Å². The van der Waals surface area contributed by atoms with E-state index in [4.69, 9.17) is 9.47 Å². The van der Waals surface area contributed by atoms with Crippen molar-refractivity contribution in [3.8, 4) is 0 Å². The summed E-state index contributed by atoms with van der Waals surface area (Å²) in [7, 11) is 0. The second kappa shape index (κ2) is 14.1. The van der Waals surface area contributed by atoms with E-state index in [-0.39, 0.29) is 24.7 Å². The lowest BCUT2D eigenvalue weighted by atomic mass is 9.99. The molecule has 0 saturated carbocycles. The molecule has 2 saturated heterocycles. The monoisotopic (exact) mass is 577 g/mol. The van der Waals surface area contributed by atoms with Gasteiger partial charge < -0.3 is 19.9 Å². The van der Waals surface area contributed by atoms with E-state index in [1.807, 2.05) is 66.7 Å². The van der Waals surface area contributed by atoms with Crippen LogP contribution >= 0.6 is 0 Å². The maximum absolute atomic E-state index is 12.6. The van der Waals surface area contributed by atoms with Gasteiger partial charge in [-0.25, -0.2) is 0 Å². The Hall–Kier alpha value is -3.85. The molecule has 2 heterocycles. The third-order valence-corrected chi connectivity index (χ3v) is 8.27. The van der Waals surface area contributed by atoms with Gasteiger partial charge in [-0.15, -0.1) is 0 Å². The van der Waals surface area contributed by atoms with E-state index in [2.05, 4.69) is 45.4 Å². The maximum Gasteiger partial charge on any atom is 0.255 e. The van der Waals surface area contributed by atoms with Crippen LogP contribution in [-0.4, -0.2) is 59.6 Å². The molecule has 0 aromatic heterocycles. The highest BCUT2D eigenvalue weighted by atomic mass is 16.7. The van der Waals surface area contributed by atoms with E-state index in [1.54, 1.807) is 12.1 Å². The number of ether oxygens (including phenoxy) is 2. The highest BCUT2D eigenvalue weighted by Crippen LogP contribution is 2.38. The number of amides is 1. The van der Waals surface area contributed by atoms with E-state index < -0.39 is 6.29 Å². The smallest absolute Gasteiger partial charge is 0.255 e. The van der Waals surface area contributed by atoms with Crippen LogP contribution in [0.3, 0.4) is 0 Å². The van der Waals surface area contributed by atoms with Crippen molar-refractivity contribution in [2.24, 2.45) is 0 Å². The highest BCUT2D eigenvalue weighted by molar-refractivity contribution is 6.04. The van der Waals surface area contributed by atoms with Crippen molar-refractivity contribution in [2.45, 2.75) is 38.1 Å². The van der Waals surface area contributed by atoms with Crippen molar-refractivity contribution < 1.29 is 19.4 Å². The first kappa shape index (κ1) is 29.2. The van der Waals surface area contributed by atoms with Gasteiger partial charge in [0.05, 0.1) is 18.8 Å². The molecular formula is C36H39N3O4. The average Bonchev–Trinajstić information content (AvgIpc) is 3.07. The molecule has 3 atom stereocenters. The Labute approximate surface area is 253 Å². The van der Waals surface area contributed by atoms with Crippen LogP contribution in [-0.2, 0) is 22.6 Å². The third kappa shape index (κ3) is 7.76. The normalized spacial score (nSPS) is 21.4. The van der Waals surface area contributed by atoms with Crippen LogP contribution in [0, 0.1) is 0 Å². The topological polar surface area (TPSA) is 74.3 Å². The van der Waals surface area contributed by atoms with Gasteiger partial charge in [0, 0.05) is 62.5 Å². The molecule has 6 rings (SSSR count). The third-order valence-electron chi connectivity index (χ3n) is 8.27. The summed E-state index contributed by atoms with van der Waals surface area (Å²) in [6.45, 7) is 5.92.